The summed E-state index contributed by atoms with van der Waals surface area (Å²) in [6.07, 6.45) is 1.49. The van der Waals surface area contributed by atoms with Crippen LogP contribution in [-0.4, -0.2) is 35.0 Å². The molecule has 0 spiro atoms. The lowest BCUT2D eigenvalue weighted by atomic mass is 10.2. The first kappa shape index (κ1) is 28.6. The molecule has 0 aliphatic heterocycles. The summed E-state index contributed by atoms with van der Waals surface area (Å²) in [5, 5.41) is 8.84. The van der Waals surface area contributed by atoms with Gasteiger partial charge in [-0.2, -0.15) is 9.78 Å². The van der Waals surface area contributed by atoms with Gasteiger partial charge in [0.05, 0.1) is 23.7 Å². The van der Waals surface area contributed by atoms with E-state index in [1.807, 2.05) is 6.92 Å². The highest BCUT2D eigenvalue weighted by Crippen LogP contribution is 2.30. The second-order valence-electron chi connectivity index (χ2n) is 9.59. The van der Waals surface area contributed by atoms with Crippen LogP contribution in [0.3, 0.4) is 0 Å². The van der Waals surface area contributed by atoms with Crippen LogP contribution in [0.4, 0.5) is 10.1 Å². The number of ether oxygens (including phenoxy) is 2. The van der Waals surface area contributed by atoms with Crippen LogP contribution in [-0.2, 0) is 4.79 Å². The Bertz CT molecular complexity index is 2090. The number of rotatable bonds is 9. The molecule has 0 saturated carbocycles. The Kier molecular flexibility index (Phi) is 8.07. The number of amides is 1. The van der Waals surface area contributed by atoms with E-state index >= 15 is 0 Å². The molecule has 220 valence electrons. The highest BCUT2D eigenvalue weighted by molar-refractivity contribution is 6.31. The van der Waals surface area contributed by atoms with E-state index in [9.17, 15) is 14.0 Å². The fourth-order valence-electron chi connectivity index (χ4n) is 4.51. The van der Waals surface area contributed by atoms with Crippen LogP contribution in [0.25, 0.3) is 33.5 Å². The van der Waals surface area contributed by atoms with Gasteiger partial charge in [-0.15, -0.1) is 0 Å². The van der Waals surface area contributed by atoms with E-state index in [-0.39, 0.29) is 18.0 Å². The summed E-state index contributed by atoms with van der Waals surface area (Å²) in [6.45, 7) is 1.86. The number of nitrogens with zero attached hydrogens (tertiary/aromatic N) is 3. The number of hydrogen-bond acceptors (Lipinski definition) is 7. The number of anilines is 1. The van der Waals surface area contributed by atoms with Crippen molar-refractivity contribution in [1.82, 2.24) is 9.66 Å². The van der Waals surface area contributed by atoms with Crippen molar-refractivity contribution in [3.05, 3.63) is 118 Å². The first-order valence-corrected chi connectivity index (χ1v) is 14.0. The van der Waals surface area contributed by atoms with Gasteiger partial charge in [0, 0.05) is 16.1 Å². The predicted molar refractivity (Wildman–Crippen MR) is 167 cm³/mol. The SMILES string of the molecule is CCOc1cc(C=Nn2c(-c3cc4cc(Cl)ccc4o3)nc3ccccc3c2=O)ccc1OCC(=O)Nc1ccc(F)cc1. The molecule has 6 aromatic rings. The monoisotopic (exact) mass is 610 g/mol. The van der Waals surface area contributed by atoms with Gasteiger partial charge in [-0.05, 0) is 91.3 Å². The summed E-state index contributed by atoms with van der Waals surface area (Å²) in [4.78, 5) is 30.6. The molecule has 0 radical (unpaired) electrons. The normalized spacial score (nSPS) is 11.3. The van der Waals surface area contributed by atoms with Crippen molar-refractivity contribution in [3.63, 3.8) is 0 Å². The lowest BCUT2D eigenvalue weighted by Gasteiger charge is -2.13. The first-order chi connectivity index (χ1) is 21.4. The molecule has 4 aromatic carbocycles. The zero-order valence-corrected chi connectivity index (χ0v) is 24.0. The van der Waals surface area contributed by atoms with Crippen molar-refractivity contribution >= 4 is 51.3 Å². The molecule has 1 N–H and O–H groups in total. The van der Waals surface area contributed by atoms with Crippen molar-refractivity contribution in [2.75, 3.05) is 18.5 Å². The number of nitrogens with one attached hydrogen (secondary N) is 1. The molecule has 0 atom stereocenters. The van der Waals surface area contributed by atoms with Gasteiger partial charge in [-0.1, -0.05) is 23.7 Å². The van der Waals surface area contributed by atoms with Crippen LogP contribution in [0.2, 0.25) is 5.02 Å². The molecule has 0 aliphatic carbocycles. The number of benzene rings is 4. The molecule has 2 aromatic heterocycles. The molecule has 11 heteroatoms. The molecular formula is C33H24ClFN4O5. The molecule has 6 rings (SSSR count). The summed E-state index contributed by atoms with van der Waals surface area (Å²) in [6, 6.07) is 24.4. The Morgan fingerprint density at radius 1 is 1.02 bits per heavy atom. The van der Waals surface area contributed by atoms with E-state index in [4.69, 9.17) is 30.5 Å². The third-order valence-corrected chi connectivity index (χ3v) is 6.76. The van der Waals surface area contributed by atoms with Crippen molar-refractivity contribution in [2.45, 2.75) is 6.92 Å². The molecule has 1 amide bonds. The maximum Gasteiger partial charge on any atom is 0.282 e. The summed E-state index contributed by atoms with van der Waals surface area (Å²) in [7, 11) is 0. The number of fused-ring (bicyclic) bond motifs is 2. The van der Waals surface area contributed by atoms with E-state index in [0.29, 0.717) is 56.6 Å². The second-order valence-corrected chi connectivity index (χ2v) is 10.0. The lowest BCUT2D eigenvalue weighted by Crippen LogP contribution is -2.20. The minimum Gasteiger partial charge on any atom is -0.490 e. The third-order valence-electron chi connectivity index (χ3n) is 6.53. The lowest BCUT2D eigenvalue weighted by molar-refractivity contribution is -0.118. The van der Waals surface area contributed by atoms with Crippen LogP contribution in [0.5, 0.6) is 11.5 Å². The largest absolute Gasteiger partial charge is 0.490 e. The maximum atomic E-state index is 13.6. The number of para-hydroxylation sites is 1. The Morgan fingerprint density at radius 2 is 1.84 bits per heavy atom. The third kappa shape index (κ3) is 6.16. The van der Waals surface area contributed by atoms with Gasteiger partial charge >= 0.3 is 0 Å². The highest BCUT2D eigenvalue weighted by Gasteiger charge is 2.17. The van der Waals surface area contributed by atoms with Gasteiger partial charge in [0.1, 0.15) is 11.4 Å². The number of halogens is 2. The van der Waals surface area contributed by atoms with Gasteiger partial charge in [-0.3, -0.25) is 9.59 Å². The summed E-state index contributed by atoms with van der Waals surface area (Å²) >= 11 is 6.16. The first-order valence-electron chi connectivity index (χ1n) is 13.6. The molecular weight excluding hydrogens is 587 g/mol. The van der Waals surface area contributed by atoms with Crippen LogP contribution >= 0.6 is 11.6 Å². The van der Waals surface area contributed by atoms with E-state index in [0.717, 1.165) is 5.39 Å². The Hall–Kier alpha value is -5.48. The van der Waals surface area contributed by atoms with Crippen molar-refractivity contribution < 1.29 is 23.1 Å². The van der Waals surface area contributed by atoms with Gasteiger partial charge in [-0.25, -0.2) is 9.37 Å². The van der Waals surface area contributed by atoms with E-state index in [1.54, 1.807) is 66.7 Å². The maximum absolute atomic E-state index is 13.6. The Balaban J connectivity index is 1.30. The second kappa shape index (κ2) is 12.4. The fourth-order valence-corrected chi connectivity index (χ4v) is 4.69. The van der Waals surface area contributed by atoms with Crippen molar-refractivity contribution in [3.8, 4) is 23.1 Å². The average molecular weight is 611 g/mol. The highest BCUT2D eigenvalue weighted by atomic mass is 35.5. The zero-order valence-electron chi connectivity index (χ0n) is 23.3. The van der Waals surface area contributed by atoms with Gasteiger partial charge in [0.15, 0.2) is 23.9 Å². The molecule has 2 heterocycles. The summed E-state index contributed by atoms with van der Waals surface area (Å²) in [5.41, 5.74) is 1.75. The van der Waals surface area contributed by atoms with Crippen LogP contribution in [0.15, 0.2) is 105 Å². The zero-order chi connectivity index (χ0) is 30.6. The van der Waals surface area contributed by atoms with Crippen molar-refractivity contribution in [2.24, 2.45) is 5.10 Å². The van der Waals surface area contributed by atoms with Crippen LogP contribution < -0.4 is 20.3 Å². The van der Waals surface area contributed by atoms with E-state index in [2.05, 4.69) is 10.4 Å². The minimum atomic E-state index is -0.423. The number of carbonyl (C=O) groups excluding carboxylic acids is 1. The smallest absolute Gasteiger partial charge is 0.282 e. The average Bonchev–Trinajstić information content (AvgIpc) is 3.44. The van der Waals surface area contributed by atoms with Crippen LogP contribution in [0.1, 0.15) is 12.5 Å². The quantitative estimate of drug-likeness (QED) is 0.178. The van der Waals surface area contributed by atoms with Gasteiger partial charge in [0.2, 0.25) is 5.82 Å². The molecule has 0 fully saturated rings. The molecule has 9 nitrogen and oxygen atoms in total. The number of furan rings is 1. The summed E-state index contributed by atoms with van der Waals surface area (Å²) in [5.74, 6) is 0.457. The number of carbonyl (C=O) groups is 1. The Morgan fingerprint density at radius 3 is 2.66 bits per heavy atom. The van der Waals surface area contributed by atoms with E-state index < -0.39 is 11.7 Å². The van der Waals surface area contributed by atoms with Crippen molar-refractivity contribution in [1.29, 1.82) is 0 Å². The minimum absolute atomic E-state index is 0.217. The van der Waals surface area contributed by atoms with Crippen LogP contribution in [0, 0.1) is 5.82 Å². The van der Waals surface area contributed by atoms with Gasteiger partial charge < -0.3 is 19.2 Å². The molecule has 0 bridgehead atoms. The van der Waals surface area contributed by atoms with E-state index in [1.165, 1.54) is 35.2 Å². The molecule has 0 saturated heterocycles. The standard InChI is InChI=1S/C33H24ClFN4O5/c1-2-42-29-15-20(7-13-28(29)43-19-31(40)37-24-11-9-23(35)10-12-24)18-36-39-32(38-26-6-4-3-5-25(26)33(39)41)30-17-21-16-22(34)8-14-27(21)44-30/h3-18H,2,19H2,1H3,(H,37,40). The Labute approximate surface area is 255 Å². The topological polar surface area (TPSA) is 108 Å². The van der Waals surface area contributed by atoms with Gasteiger partial charge in [0.25, 0.3) is 11.5 Å². The molecule has 0 aliphatic rings. The number of hydrogen-bond donors (Lipinski definition) is 1. The fraction of sp³-hybridized carbons (Fsp3) is 0.0909. The molecule has 0 unspecified atom stereocenters. The summed E-state index contributed by atoms with van der Waals surface area (Å²) < 4.78 is 31.8. The molecule has 44 heavy (non-hydrogen) atoms. The predicted octanol–water partition coefficient (Wildman–Crippen LogP) is 6.90. The number of aromatic nitrogens is 2.